The van der Waals surface area contributed by atoms with E-state index >= 15 is 0 Å². The number of likely N-dealkylation sites (tertiary alicyclic amines) is 1. The maximum atomic E-state index is 12.8. The fourth-order valence-corrected chi connectivity index (χ4v) is 6.55. The molecule has 2 aliphatic heterocycles. The molecule has 4 N–H and O–H groups in total. The molecular weight excluding hydrogens is 588 g/mol. The van der Waals surface area contributed by atoms with Crippen LogP contribution in [0.5, 0.6) is 0 Å². The van der Waals surface area contributed by atoms with Crippen molar-refractivity contribution in [3.63, 3.8) is 0 Å². The molecule has 0 radical (unpaired) electrons. The van der Waals surface area contributed by atoms with E-state index in [2.05, 4.69) is 22.1 Å². The number of amides is 1. The topological polar surface area (TPSA) is 146 Å². The third-order valence-electron chi connectivity index (χ3n) is 9.14. The van der Waals surface area contributed by atoms with Crippen molar-refractivity contribution in [3.8, 4) is 0 Å². The van der Waals surface area contributed by atoms with Crippen molar-refractivity contribution in [2.24, 2.45) is 5.92 Å². The summed E-state index contributed by atoms with van der Waals surface area (Å²) in [5, 5.41) is 21.1. The fraction of sp³-hybridized carbons (Fsp3) is 0.400. The van der Waals surface area contributed by atoms with Crippen molar-refractivity contribution in [3.05, 3.63) is 100.0 Å². The predicted octanol–water partition coefficient (Wildman–Crippen LogP) is 4.75. The molecular formula is C35H40N4O7. The van der Waals surface area contributed by atoms with E-state index in [9.17, 15) is 19.5 Å². The number of nitrogens with one attached hydrogen (secondary N) is 2. The molecule has 11 nitrogen and oxygen atoms in total. The van der Waals surface area contributed by atoms with Gasteiger partial charge in [-0.25, -0.2) is 4.79 Å². The Morgan fingerprint density at radius 2 is 1.63 bits per heavy atom. The van der Waals surface area contributed by atoms with Crippen LogP contribution in [0.1, 0.15) is 67.7 Å². The van der Waals surface area contributed by atoms with Crippen LogP contribution in [0.15, 0.2) is 77.6 Å². The van der Waals surface area contributed by atoms with E-state index in [1.165, 1.54) is 0 Å². The highest BCUT2D eigenvalue weighted by Gasteiger charge is 2.39. The quantitative estimate of drug-likeness (QED) is 0.197. The summed E-state index contributed by atoms with van der Waals surface area (Å²) in [7, 11) is 0. The number of piperidine rings is 1. The highest BCUT2D eigenvalue weighted by molar-refractivity contribution is 5.92. The molecule has 0 bridgehead atoms. The number of aliphatic hydroxyl groups is 1. The number of ether oxygens (including phenoxy) is 2. The number of benzene rings is 3. The highest BCUT2D eigenvalue weighted by Crippen LogP contribution is 2.42. The van der Waals surface area contributed by atoms with Crippen LogP contribution < -0.4 is 11.0 Å². The smallest absolute Gasteiger partial charge is 0.326 e. The molecule has 2 aliphatic rings. The van der Waals surface area contributed by atoms with Gasteiger partial charge in [-0.15, -0.1) is 0 Å². The lowest BCUT2D eigenvalue weighted by Crippen LogP contribution is -2.47. The normalized spacial score (nSPS) is 22.6. The van der Waals surface area contributed by atoms with E-state index in [1.54, 1.807) is 12.1 Å². The minimum absolute atomic E-state index is 0.0259. The summed E-state index contributed by atoms with van der Waals surface area (Å²) < 4.78 is 15.1. The van der Waals surface area contributed by atoms with Gasteiger partial charge in [-0.1, -0.05) is 55.5 Å². The van der Waals surface area contributed by atoms with Crippen LogP contribution in [-0.4, -0.2) is 62.3 Å². The van der Waals surface area contributed by atoms with Crippen LogP contribution >= 0.6 is 0 Å². The Kier molecular flexibility index (Phi) is 9.64. The number of carbonyl (C=O) groups is 2. The molecule has 0 aliphatic carbocycles. The molecule has 0 unspecified atom stereocenters. The van der Waals surface area contributed by atoms with Gasteiger partial charge in [0.25, 0.3) is 0 Å². The summed E-state index contributed by atoms with van der Waals surface area (Å²) in [6.45, 7) is 4.48. The van der Waals surface area contributed by atoms with Crippen molar-refractivity contribution in [1.82, 2.24) is 14.5 Å². The molecule has 0 saturated carbocycles. The monoisotopic (exact) mass is 628 g/mol. The molecule has 4 aromatic rings. The molecule has 0 spiro atoms. The first-order valence-electron chi connectivity index (χ1n) is 15.8. The molecule has 2 fully saturated rings. The number of imidazole rings is 1. The van der Waals surface area contributed by atoms with Crippen molar-refractivity contribution in [2.75, 3.05) is 25.0 Å². The average Bonchev–Trinajstić information content (AvgIpc) is 3.41. The number of aliphatic hydroxyl groups excluding tert-OH is 1. The third-order valence-corrected chi connectivity index (χ3v) is 9.14. The molecule has 4 atom stereocenters. The number of rotatable bonds is 10. The van der Waals surface area contributed by atoms with Crippen molar-refractivity contribution >= 4 is 28.6 Å². The SMILES string of the molecule is C[C@H]1[C@@H](CN2CCC(n3c(=O)[nH]c4ccccc43)CC2)O[C@@H](c2ccc(NC(=O)CCC(=O)O)cc2)O[C@H]1c1ccc(CO)cc1. The largest absolute Gasteiger partial charge is 0.481 e. The number of carbonyl (C=O) groups excluding carboxylic acids is 1. The number of H-pyrrole nitrogens is 1. The molecule has 242 valence electrons. The van der Waals surface area contributed by atoms with Gasteiger partial charge in [-0.05, 0) is 48.2 Å². The first-order chi connectivity index (χ1) is 22.3. The number of aliphatic carboxylic acids is 1. The van der Waals surface area contributed by atoms with Gasteiger partial charge in [0.05, 0.1) is 36.3 Å². The Hall–Kier alpha value is -4.29. The van der Waals surface area contributed by atoms with Crippen molar-refractivity contribution in [1.29, 1.82) is 0 Å². The van der Waals surface area contributed by atoms with Crippen LogP contribution in [0.4, 0.5) is 5.69 Å². The third kappa shape index (κ3) is 7.07. The first kappa shape index (κ1) is 31.7. The predicted molar refractivity (Wildman–Crippen MR) is 172 cm³/mol. The number of hydrogen-bond donors (Lipinski definition) is 4. The molecule has 3 heterocycles. The van der Waals surface area contributed by atoms with Crippen molar-refractivity contribution in [2.45, 2.75) is 63.8 Å². The zero-order chi connectivity index (χ0) is 32.2. The molecule has 11 heteroatoms. The van der Waals surface area contributed by atoms with Gasteiger partial charge in [0, 0.05) is 49.3 Å². The molecule has 46 heavy (non-hydrogen) atoms. The Morgan fingerprint density at radius 3 is 2.33 bits per heavy atom. The maximum Gasteiger partial charge on any atom is 0.326 e. The number of para-hydroxylation sites is 2. The second-order valence-electron chi connectivity index (χ2n) is 12.2. The summed E-state index contributed by atoms with van der Waals surface area (Å²) in [6, 6.07) is 23.0. The zero-order valence-corrected chi connectivity index (χ0v) is 25.8. The lowest BCUT2D eigenvalue weighted by molar-refractivity contribution is -0.276. The van der Waals surface area contributed by atoms with Gasteiger partial charge in [0.1, 0.15) is 0 Å². The van der Waals surface area contributed by atoms with Crippen molar-refractivity contribution < 1.29 is 29.3 Å². The highest BCUT2D eigenvalue weighted by atomic mass is 16.7. The van der Waals surface area contributed by atoms with Gasteiger partial charge in [-0.2, -0.15) is 0 Å². The molecule has 3 aromatic carbocycles. The molecule has 6 rings (SSSR count). The van der Waals surface area contributed by atoms with E-state index in [0.717, 1.165) is 53.7 Å². The van der Waals surface area contributed by atoms with E-state index in [-0.39, 0.29) is 55.2 Å². The second kappa shape index (κ2) is 14.0. The summed E-state index contributed by atoms with van der Waals surface area (Å²) in [5.41, 5.74) is 4.93. The fourth-order valence-electron chi connectivity index (χ4n) is 6.55. The number of carboxylic acids is 1. The van der Waals surface area contributed by atoms with Gasteiger partial charge in [0.15, 0.2) is 6.29 Å². The lowest BCUT2D eigenvalue weighted by Gasteiger charge is -2.44. The summed E-state index contributed by atoms with van der Waals surface area (Å²) in [6.07, 6.45) is 0.328. The van der Waals surface area contributed by atoms with Crippen LogP contribution in [0.3, 0.4) is 0 Å². The zero-order valence-electron chi connectivity index (χ0n) is 25.8. The Labute approximate surface area is 266 Å². The van der Waals surface area contributed by atoms with Crippen LogP contribution in [0.25, 0.3) is 11.0 Å². The lowest BCUT2D eigenvalue weighted by atomic mass is 9.89. The van der Waals surface area contributed by atoms with Gasteiger partial charge >= 0.3 is 11.7 Å². The van der Waals surface area contributed by atoms with Gasteiger partial charge in [0.2, 0.25) is 5.91 Å². The number of carboxylic acid groups (broad SMARTS) is 1. The minimum atomic E-state index is -1.02. The number of aromatic amines is 1. The minimum Gasteiger partial charge on any atom is -0.481 e. The molecule has 2 saturated heterocycles. The van der Waals surface area contributed by atoms with E-state index < -0.39 is 12.3 Å². The van der Waals surface area contributed by atoms with Crippen LogP contribution in [0.2, 0.25) is 0 Å². The number of anilines is 1. The maximum absolute atomic E-state index is 12.8. The first-order valence-corrected chi connectivity index (χ1v) is 15.8. The summed E-state index contributed by atoms with van der Waals surface area (Å²) >= 11 is 0. The Morgan fingerprint density at radius 1 is 0.935 bits per heavy atom. The second-order valence-corrected chi connectivity index (χ2v) is 12.2. The van der Waals surface area contributed by atoms with E-state index in [4.69, 9.17) is 14.6 Å². The van der Waals surface area contributed by atoms with Gasteiger partial charge in [-0.3, -0.25) is 14.2 Å². The Bertz CT molecular complexity index is 1710. The number of hydrogen-bond acceptors (Lipinski definition) is 7. The number of aromatic nitrogens is 2. The standard InChI is InChI=1S/C35H40N4O7/c1-22-30(20-38-18-16-27(17-19-38)39-29-5-3-2-4-28(29)37-35(39)44)45-34(46-33(22)24-8-6-23(21-40)7-9-24)25-10-12-26(13-11-25)36-31(41)14-15-32(42)43/h2-13,22,27,30,33-34,40H,14-21H2,1H3,(H,36,41)(H,37,44)(H,42,43)/t22-,30+,33+,34+/m0/s1. The molecule has 1 aromatic heterocycles. The van der Waals surface area contributed by atoms with Crippen LogP contribution in [0, 0.1) is 5.92 Å². The number of nitrogens with zero attached hydrogens (tertiary/aromatic N) is 2. The van der Waals surface area contributed by atoms with E-state index in [1.807, 2.05) is 65.2 Å². The average molecular weight is 629 g/mol. The Balaban J connectivity index is 1.16. The molecule has 1 amide bonds. The number of fused-ring (bicyclic) bond motifs is 1. The van der Waals surface area contributed by atoms with Gasteiger partial charge < -0.3 is 34.9 Å². The summed E-state index contributed by atoms with van der Waals surface area (Å²) in [4.78, 5) is 41.1. The van der Waals surface area contributed by atoms with E-state index in [0.29, 0.717) is 12.2 Å². The van der Waals surface area contributed by atoms with Crippen LogP contribution in [-0.2, 0) is 25.7 Å². The summed E-state index contributed by atoms with van der Waals surface area (Å²) in [5.74, 6) is -1.35.